The second-order valence-electron chi connectivity index (χ2n) is 4.18. The van der Waals surface area contributed by atoms with Gasteiger partial charge in [0.25, 0.3) is 0 Å². The largest absolute Gasteiger partial charge is 0.467 e. The van der Waals surface area contributed by atoms with Crippen LogP contribution in [0.5, 0.6) is 0 Å². The normalized spacial score (nSPS) is 10.1. The maximum absolute atomic E-state index is 11.7. The van der Waals surface area contributed by atoms with E-state index >= 15 is 0 Å². The zero-order valence-corrected chi connectivity index (χ0v) is 12.4. The molecule has 2 aromatic rings. The van der Waals surface area contributed by atoms with Crippen molar-refractivity contribution >= 4 is 33.4 Å². The van der Waals surface area contributed by atoms with Gasteiger partial charge in [-0.05, 0) is 42.8 Å². The molecule has 0 bridgehead atoms. The summed E-state index contributed by atoms with van der Waals surface area (Å²) in [5, 5.41) is 5.01. The molecule has 0 radical (unpaired) electrons. The van der Waals surface area contributed by atoms with E-state index in [1.807, 2.05) is 13.0 Å². The van der Waals surface area contributed by atoms with Gasteiger partial charge in [0.15, 0.2) is 0 Å². The van der Waals surface area contributed by atoms with E-state index in [0.29, 0.717) is 11.4 Å². The minimum atomic E-state index is -0.710. The first-order valence-corrected chi connectivity index (χ1v) is 6.73. The molecular weight excluding hydrogens is 324 g/mol. The molecule has 6 heteroatoms. The van der Waals surface area contributed by atoms with Gasteiger partial charge in [-0.3, -0.25) is 9.59 Å². The third-order valence-electron chi connectivity index (χ3n) is 2.63. The lowest BCUT2D eigenvalue weighted by Gasteiger charge is -2.07. The van der Waals surface area contributed by atoms with Gasteiger partial charge in [0, 0.05) is 10.2 Å². The van der Waals surface area contributed by atoms with Gasteiger partial charge in [-0.1, -0.05) is 15.9 Å². The van der Waals surface area contributed by atoms with E-state index in [1.165, 1.54) is 6.26 Å². The molecular formula is C14H13BrN2O3. The highest BCUT2D eigenvalue weighted by Crippen LogP contribution is 2.19. The highest BCUT2D eigenvalue weighted by atomic mass is 79.9. The molecule has 0 aliphatic heterocycles. The molecule has 2 N–H and O–H groups in total. The number of furan rings is 1. The van der Waals surface area contributed by atoms with Crippen LogP contribution in [0.4, 0.5) is 5.69 Å². The van der Waals surface area contributed by atoms with Crippen molar-refractivity contribution in [2.75, 3.05) is 5.32 Å². The van der Waals surface area contributed by atoms with E-state index in [1.54, 1.807) is 24.3 Å². The molecule has 0 fully saturated rings. The van der Waals surface area contributed by atoms with Crippen LogP contribution >= 0.6 is 15.9 Å². The number of rotatable bonds is 3. The van der Waals surface area contributed by atoms with Gasteiger partial charge >= 0.3 is 11.8 Å². The van der Waals surface area contributed by atoms with Crippen molar-refractivity contribution in [1.82, 2.24) is 5.32 Å². The van der Waals surface area contributed by atoms with Gasteiger partial charge in [-0.15, -0.1) is 0 Å². The Hall–Kier alpha value is -2.08. The number of hydrogen-bond acceptors (Lipinski definition) is 3. The smallest absolute Gasteiger partial charge is 0.313 e. The monoisotopic (exact) mass is 336 g/mol. The summed E-state index contributed by atoms with van der Waals surface area (Å²) in [6.07, 6.45) is 1.51. The molecule has 0 atom stereocenters. The van der Waals surface area contributed by atoms with E-state index in [2.05, 4.69) is 26.6 Å². The fourth-order valence-electron chi connectivity index (χ4n) is 1.57. The van der Waals surface area contributed by atoms with E-state index in [4.69, 9.17) is 4.42 Å². The minimum Gasteiger partial charge on any atom is -0.467 e. The predicted molar refractivity (Wildman–Crippen MR) is 78.1 cm³/mol. The first-order chi connectivity index (χ1) is 9.56. The number of nitrogens with one attached hydrogen (secondary N) is 2. The van der Waals surface area contributed by atoms with Crippen LogP contribution in [0, 0.1) is 6.92 Å². The van der Waals surface area contributed by atoms with Gasteiger partial charge in [-0.25, -0.2) is 0 Å². The molecule has 0 saturated heterocycles. The standard InChI is InChI=1S/C14H13BrN2O3/c1-9-7-10(4-5-12(9)15)17-14(19)13(18)16-8-11-3-2-6-20-11/h2-7H,8H2,1H3,(H,16,18)(H,17,19). The fourth-order valence-corrected chi connectivity index (χ4v) is 1.82. The second kappa shape index (κ2) is 6.38. The number of aryl methyl sites for hydroxylation is 1. The molecule has 1 heterocycles. The Morgan fingerprint density at radius 2 is 2.05 bits per heavy atom. The Kier molecular flexibility index (Phi) is 4.57. The molecule has 2 rings (SSSR count). The van der Waals surface area contributed by atoms with Gasteiger partial charge in [0.1, 0.15) is 5.76 Å². The van der Waals surface area contributed by atoms with Gasteiger partial charge in [0.2, 0.25) is 0 Å². The summed E-state index contributed by atoms with van der Waals surface area (Å²) in [5.74, 6) is -0.828. The van der Waals surface area contributed by atoms with Crippen LogP contribution < -0.4 is 10.6 Å². The van der Waals surface area contributed by atoms with Crippen LogP contribution in [0.1, 0.15) is 11.3 Å². The second-order valence-corrected chi connectivity index (χ2v) is 5.03. The Balaban J connectivity index is 1.90. The SMILES string of the molecule is Cc1cc(NC(=O)C(=O)NCc2ccco2)ccc1Br. The number of benzene rings is 1. The molecule has 0 saturated carbocycles. The Morgan fingerprint density at radius 1 is 1.25 bits per heavy atom. The summed E-state index contributed by atoms with van der Waals surface area (Å²) >= 11 is 3.37. The number of carbonyl (C=O) groups excluding carboxylic acids is 2. The van der Waals surface area contributed by atoms with E-state index in [9.17, 15) is 9.59 Å². The first kappa shape index (κ1) is 14.3. The minimum absolute atomic E-state index is 0.179. The molecule has 2 amide bonds. The number of halogens is 1. The van der Waals surface area contributed by atoms with Crippen molar-refractivity contribution in [1.29, 1.82) is 0 Å². The van der Waals surface area contributed by atoms with Crippen molar-refractivity contribution in [3.63, 3.8) is 0 Å². The zero-order valence-electron chi connectivity index (χ0n) is 10.8. The summed E-state index contributed by atoms with van der Waals surface area (Å²) < 4.78 is 6.00. The van der Waals surface area contributed by atoms with Crippen LogP contribution in [0.25, 0.3) is 0 Å². The van der Waals surface area contributed by atoms with Crippen molar-refractivity contribution in [2.45, 2.75) is 13.5 Å². The first-order valence-electron chi connectivity index (χ1n) is 5.94. The van der Waals surface area contributed by atoms with Gasteiger partial charge < -0.3 is 15.1 Å². The lowest BCUT2D eigenvalue weighted by molar-refractivity contribution is -0.136. The van der Waals surface area contributed by atoms with Crippen LogP contribution in [0.3, 0.4) is 0 Å². The molecule has 0 unspecified atom stereocenters. The van der Waals surface area contributed by atoms with E-state index in [-0.39, 0.29) is 6.54 Å². The molecule has 5 nitrogen and oxygen atoms in total. The quantitative estimate of drug-likeness (QED) is 0.846. The molecule has 1 aromatic carbocycles. The molecule has 1 aromatic heterocycles. The predicted octanol–water partition coefficient (Wildman–Crippen LogP) is 2.61. The number of amides is 2. The summed E-state index contributed by atoms with van der Waals surface area (Å²) in [7, 11) is 0. The summed E-state index contributed by atoms with van der Waals surface area (Å²) in [5.41, 5.74) is 1.54. The van der Waals surface area contributed by atoms with Crippen LogP contribution in [-0.4, -0.2) is 11.8 Å². The third-order valence-corrected chi connectivity index (χ3v) is 3.52. The summed E-state index contributed by atoms with van der Waals surface area (Å²) in [4.78, 5) is 23.3. The lowest BCUT2D eigenvalue weighted by atomic mass is 10.2. The van der Waals surface area contributed by atoms with E-state index < -0.39 is 11.8 Å². The summed E-state index contributed by atoms with van der Waals surface area (Å²) in [6.45, 7) is 2.08. The van der Waals surface area contributed by atoms with Gasteiger partial charge in [0.05, 0.1) is 12.8 Å². The molecule has 0 spiro atoms. The van der Waals surface area contributed by atoms with Crippen LogP contribution in [0.2, 0.25) is 0 Å². The molecule has 0 aliphatic rings. The molecule has 0 aliphatic carbocycles. The Bertz CT molecular complexity index is 623. The topological polar surface area (TPSA) is 71.3 Å². The average Bonchev–Trinajstić information content (AvgIpc) is 2.93. The Labute approximate surface area is 124 Å². The highest BCUT2D eigenvalue weighted by Gasteiger charge is 2.14. The van der Waals surface area contributed by atoms with Crippen molar-refractivity contribution in [3.8, 4) is 0 Å². The third kappa shape index (κ3) is 3.71. The van der Waals surface area contributed by atoms with Crippen molar-refractivity contribution in [2.24, 2.45) is 0 Å². The fraction of sp³-hybridized carbons (Fsp3) is 0.143. The van der Waals surface area contributed by atoms with Crippen molar-refractivity contribution in [3.05, 3.63) is 52.4 Å². The maximum atomic E-state index is 11.7. The van der Waals surface area contributed by atoms with Crippen LogP contribution in [-0.2, 0) is 16.1 Å². The number of hydrogen-bond donors (Lipinski definition) is 2. The lowest BCUT2D eigenvalue weighted by Crippen LogP contribution is -2.34. The van der Waals surface area contributed by atoms with E-state index in [0.717, 1.165) is 10.0 Å². The van der Waals surface area contributed by atoms with Crippen LogP contribution in [0.15, 0.2) is 45.5 Å². The number of anilines is 1. The maximum Gasteiger partial charge on any atom is 0.313 e. The zero-order chi connectivity index (χ0) is 14.5. The highest BCUT2D eigenvalue weighted by molar-refractivity contribution is 9.10. The van der Waals surface area contributed by atoms with Gasteiger partial charge in [-0.2, -0.15) is 0 Å². The average molecular weight is 337 g/mol. The molecule has 20 heavy (non-hydrogen) atoms. The summed E-state index contributed by atoms with van der Waals surface area (Å²) in [6, 6.07) is 8.74. The van der Waals surface area contributed by atoms with Crippen molar-refractivity contribution < 1.29 is 14.0 Å². The molecule has 104 valence electrons. The Morgan fingerprint density at radius 3 is 2.70 bits per heavy atom. The number of carbonyl (C=O) groups is 2.